The van der Waals surface area contributed by atoms with E-state index in [-0.39, 0.29) is 0 Å². The van der Waals surface area contributed by atoms with E-state index in [0.29, 0.717) is 16.2 Å². The molecular formula is C19H15Cl2OP. The second kappa shape index (κ2) is 6.93. The van der Waals surface area contributed by atoms with Gasteiger partial charge in [-0.3, -0.25) is 0 Å². The minimum atomic E-state index is -2.84. The molecule has 0 aliphatic heterocycles. The van der Waals surface area contributed by atoms with E-state index in [1.807, 2.05) is 72.8 Å². The van der Waals surface area contributed by atoms with Crippen molar-refractivity contribution in [2.24, 2.45) is 0 Å². The Morgan fingerprint density at radius 1 is 0.696 bits per heavy atom. The van der Waals surface area contributed by atoms with Crippen LogP contribution in [-0.2, 0) is 10.7 Å². The molecule has 0 aliphatic carbocycles. The van der Waals surface area contributed by atoms with Crippen LogP contribution in [0.4, 0.5) is 0 Å². The van der Waals surface area contributed by atoms with Gasteiger partial charge in [0.2, 0.25) is 0 Å². The van der Waals surface area contributed by atoms with Gasteiger partial charge in [0.15, 0.2) is 0 Å². The minimum Gasteiger partial charge on any atom is -0.313 e. The Kier molecular flexibility index (Phi) is 4.92. The van der Waals surface area contributed by atoms with Gasteiger partial charge in [-0.2, -0.15) is 0 Å². The van der Waals surface area contributed by atoms with Crippen molar-refractivity contribution in [2.45, 2.75) is 6.16 Å². The Morgan fingerprint density at radius 3 is 1.74 bits per heavy atom. The Labute approximate surface area is 146 Å². The number of hydrogen-bond acceptors (Lipinski definition) is 1. The molecule has 1 nitrogen and oxygen atoms in total. The Bertz CT molecular complexity index is 804. The minimum absolute atomic E-state index is 0.348. The monoisotopic (exact) mass is 360 g/mol. The van der Waals surface area contributed by atoms with E-state index in [1.165, 1.54) is 0 Å². The van der Waals surface area contributed by atoms with E-state index in [4.69, 9.17) is 23.2 Å². The lowest BCUT2D eigenvalue weighted by molar-refractivity contribution is 0.586. The summed E-state index contributed by atoms with van der Waals surface area (Å²) in [5.74, 6) is 0. The maximum atomic E-state index is 13.9. The lowest BCUT2D eigenvalue weighted by Crippen LogP contribution is -2.17. The summed E-state index contributed by atoms with van der Waals surface area (Å²) in [6.45, 7) is 0. The van der Waals surface area contributed by atoms with Crippen molar-refractivity contribution in [3.05, 3.63) is 94.5 Å². The summed E-state index contributed by atoms with van der Waals surface area (Å²) in [7, 11) is -2.84. The molecule has 0 saturated carbocycles. The summed E-state index contributed by atoms with van der Waals surface area (Å²) in [4.78, 5) is 0. The number of halogens is 2. The summed E-state index contributed by atoms with van der Waals surface area (Å²) in [6, 6.07) is 24.6. The van der Waals surface area contributed by atoms with E-state index >= 15 is 0 Å². The van der Waals surface area contributed by atoms with Gasteiger partial charge in [-0.1, -0.05) is 96.0 Å². The fourth-order valence-corrected chi connectivity index (χ4v) is 5.77. The van der Waals surface area contributed by atoms with Crippen LogP contribution in [0.3, 0.4) is 0 Å². The average Bonchev–Trinajstić information content (AvgIpc) is 2.60. The molecule has 0 N–H and O–H groups in total. The van der Waals surface area contributed by atoms with E-state index in [0.717, 1.165) is 16.2 Å². The normalized spacial score (nSPS) is 11.4. The third-order valence-corrected chi connectivity index (χ3v) is 7.68. The van der Waals surface area contributed by atoms with Gasteiger partial charge in [0.05, 0.1) is 10.0 Å². The Balaban J connectivity index is 2.14. The van der Waals surface area contributed by atoms with Crippen molar-refractivity contribution in [1.82, 2.24) is 0 Å². The molecule has 0 heterocycles. The zero-order chi connectivity index (χ0) is 16.3. The smallest absolute Gasteiger partial charge is 0.147 e. The van der Waals surface area contributed by atoms with Crippen LogP contribution in [0, 0.1) is 0 Å². The Hall–Kier alpha value is -1.53. The quantitative estimate of drug-likeness (QED) is 0.560. The summed E-state index contributed by atoms with van der Waals surface area (Å²) in [5.41, 5.74) is 0.801. The van der Waals surface area contributed by atoms with Crippen LogP contribution in [0.5, 0.6) is 0 Å². The highest BCUT2D eigenvalue weighted by atomic mass is 35.5. The topological polar surface area (TPSA) is 17.1 Å². The van der Waals surface area contributed by atoms with Crippen molar-refractivity contribution in [3.63, 3.8) is 0 Å². The molecule has 0 aromatic heterocycles. The largest absolute Gasteiger partial charge is 0.313 e. The first-order valence-electron chi connectivity index (χ1n) is 7.24. The molecular weight excluding hydrogens is 346 g/mol. The molecule has 0 aliphatic rings. The summed E-state index contributed by atoms with van der Waals surface area (Å²) in [5, 5.41) is 2.60. The molecule has 116 valence electrons. The average molecular weight is 361 g/mol. The summed E-state index contributed by atoms with van der Waals surface area (Å²) < 4.78 is 13.9. The molecule has 0 amide bonds. The lowest BCUT2D eigenvalue weighted by Gasteiger charge is -2.20. The van der Waals surface area contributed by atoms with Gasteiger partial charge in [0.1, 0.15) is 7.14 Å². The second-order valence-corrected chi connectivity index (χ2v) is 8.90. The highest BCUT2D eigenvalue weighted by molar-refractivity contribution is 7.78. The maximum Gasteiger partial charge on any atom is 0.147 e. The molecule has 4 heteroatoms. The molecule has 3 rings (SSSR count). The standard InChI is InChI=1S/C19H15Cl2OP/c20-18-13-7-8-15(19(18)21)14-23(22,16-9-3-1-4-10-16)17-11-5-2-6-12-17/h1-13H,14H2. The SMILES string of the molecule is O=P(Cc1cccc(Cl)c1Cl)(c1ccccc1)c1ccccc1. The van der Waals surface area contributed by atoms with Crippen LogP contribution >= 0.6 is 30.3 Å². The third-order valence-electron chi connectivity index (χ3n) is 3.77. The molecule has 0 atom stereocenters. The second-order valence-electron chi connectivity index (χ2n) is 5.28. The Morgan fingerprint density at radius 2 is 1.22 bits per heavy atom. The molecule has 0 fully saturated rings. The van der Waals surface area contributed by atoms with Crippen LogP contribution in [0.2, 0.25) is 10.0 Å². The number of benzene rings is 3. The van der Waals surface area contributed by atoms with Crippen molar-refractivity contribution >= 4 is 41.0 Å². The van der Waals surface area contributed by atoms with Gasteiger partial charge in [-0.05, 0) is 11.6 Å². The van der Waals surface area contributed by atoms with Crippen molar-refractivity contribution in [1.29, 1.82) is 0 Å². The molecule has 0 bridgehead atoms. The van der Waals surface area contributed by atoms with Crippen LogP contribution in [0.15, 0.2) is 78.9 Å². The van der Waals surface area contributed by atoms with Gasteiger partial charge in [0.25, 0.3) is 0 Å². The molecule has 0 spiro atoms. The van der Waals surface area contributed by atoms with E-state index in [9.17, 15) is 4.57 Å². The van der Waals surface area contributed by atoms with Crippen LogP contribution in [0.25, 0.3) is 0 Å². The maximum absolute atomic E-state index is 13.9. The predicted molar refractivity (Wildman–Crippen MR) is 99.9 cm³/mol. The summed E-state index contributed by atoms with van der Waals surface area (Å²) >= 11 is 12.4. The van der Waals surface area contributed by atoms with Gasteiger partial charge >= 0.3 is 0 Å². The van der Waals surface area contributed by atoms with E-state index in [2.05, 4.69) is 0 Å². The van der Waals surface area contributed by atoms with Gasteiger partial charge < -0.3 is 4.57 Å². The molecule has 0 radical (unpaired) electrons. The highest BCUT2D eigenvalue weighted by Crippen LogP contribution is 2.48. The third kappa shape index (κ3) is 3.38. The van der Waals surface area contributed by atoms with Gasteiger partial charge in [-0.15, -0.1) is 0 Å². The lowest BCUT2D eigenvalue weighted by atomic mass is 10.2. The fourth-order valence-electron chi connectivity index (χ4n) is 2.58. The highest BCUT2D eigenvalue weighted by Gasteiger charge is 2.28. The van der Waals surface area contributed by atoms with Crippen LogP contribution < -0.4 is 10.6 Å². The first-order valence-corrected chi connectivity index (χ1v) is 9.89. The number of rotatable bonds is 4. The van der Waals surface area contributed by atoms with Gasteiger partial charge in [0, 0.05) is 16.8 Å². The van der Waals surface area contributed by atoms with Crippen molar-refractivity contribution in [3.8, 4) is 0 Å². The first-order chi connectivity index (χ1) is 11.1. The molecule has 0 saturated heterocycles. The van der Waals surface area contributed by atoms with Crippen molar-refractivity contribution in [2.75, 3.05) is 0 Å². The molecule has 23 heavy (non-hydrogen) atoms. The van der Waals surface area contributed by atoms with Crippen LogP contribution in [0.1, 0.15) is 5.56 Å². The van der Waals surface area contributed by atoms with E-state index < -0.39 is 7.14 Å². The molecule has 3 aromatic rings. The fraction of sp³-hybridized carbons (Fsp3) is 0.0526. The first kappa shape index (κ1) is 16.3. The molecule has 3 aromatic carbocycles. The van der Waals surface area contributed by atoms with Gasteiger partial charge in [-0.25, -0.2) is 0 Å². The molecule has 0 unspecified atom stereocenters. The zero-order valence-electron chi connectivity index (χ0n) is 12.3. The van der Waals surface area contributed by atoms with Crippen molar-refractivity contribution < 1.29 is 4.57 Å². The zero-order valence-corrected chi connectivity index (χ0v) is 14.7. The van der Waals surface area contributed by atoms with E-state index in [1.54, 1.807) is 6.07 Å². The van der Waals surface area contributed by atoms with Crippen LogP contribution in [-0.4, -0.2) is 0 Å². The number of hydrogen-bond donors (Lipinski definition) is 0. The predicted octanol–water partition coefficient (Wildman–Crippen LogP) is 5.51. The summed E-state index contributed by atoms with van der Waals surface area (Å²) in [6.07, 6.45) is 0.348.